The fraction of sp³-hybridized carbons (Fsp3) is 0.286. The molecule has 17 heavy (non-hydrogen) atoms. The molecular weight excluding hydrogens is 232 g/mol. The molecule has 0 bridgehead atoms. The van der Waals surface area contributed by atoms with Crippen molar-refractivity contribution in [1.82, 2.24) is 9.97 Å². The van der Waals surface area contributed by atoms with Crippen LogP contribution in [0.3, 0.4) is 0 Å². The second-order valence-electron chi connectivity index (χ2n) is 4.40. The van der Waals surface area contributed by atoms with Crippen molar-refractivity contribution in [3.63, 3.8) is 0 Å². The largest absolute Gasteiger partial charge is 0.260 e. The molecule has 1 aliphatic carbocycles. The van der Waals surface area contributed by atoms with Crippen molar-refractivity contribution in [2.24, 2.45) is 0 Å². The fourth-order valence-corrected chi connectivity index (χ4v) is 2.50. The van der Waals surface area contributed by atoms with Gasteiger partial charge in [-0.3, -0.25) is 4.98 Å². The molecule has 3 rings (SSSR count). The number of hydrogen-bond donors (Lipinski definition) is 0. The third-order valence-electron chi connectivity index (χ3n) is 3.23. The Morgan fingerprint density at radius 1 is 1.00 bits per heavy atom. The maximum absolute atomic E-state index is 5.91. The highest BCUT2D eigenvalue weighted by Gasteiger charge is 2.11. The fourth-order valence-electron chi connectivity index (χ4n) is 2.33. The highest BCUT2D eigenvalue weighted by atomic mass is 35.5. The van der Waals surface area contributed by atoms with E-state index in [1.807, 2.05) is 18.3 Å². The monoisotopic (exact) mass is 244 g/mol. The summed E-state index contributed by atoms with van der Waals surface area (Å²) in [7, 11) is 0. The molecule has 0 amide bonds. The molecule has 1 aliphatic rings. The molecule has 2 aromatic rings. The van der Waals surface area contributed by atoms with Crippen LogP contribution in [0.5, 0.6) is 0 Å². The van der Waals surface area contributed by atoms with Crippen molar-refractivity contribution in [3.05, 3.63) is 47.0 Å². The van der Waals surface area contributed by atoms with Gasteiger partial charge in [-0.25, -0.2) is 4.98 Å². The van der Waals surface area contributed by atoms with E-state index in [-0.39, 0.29) is 0 Å². The Balaban J connectivity index is 2.04. The van der Waals surface area contributed by atoms with E-state index < -0.39 is 0 Å². The molecule has 0 unspecified atom stereocenters. The molecule has 2 nitrogen and oxygen atoms in total. The molecule has 0 saturated carbocycles. The second kappa shape index (κ2) is 4.46. The van der Waals surface area contributed by atoms with E-state index >= 15 is 0 Å². The van der Waals surface area contributed by atoms with Crippen LogP contribution in [0.15, 0.2) is 30.6 Å². The summed E-state index contributed by atoms with van der Waals surface area (Å²) in [5.41, 5.74) is 4.88. The highest BCUT2D eigenvalue weighted by molar-refractivity contribution is 6.29. The maximum Gasteiger partial charge on any atom is 0.129 e. The van der Waals surface area contributed by atoms with E-state index in [1.165, 1.54) is 24.1 Å². The van der Waals surface area contributed by atoms with Gasteiger partial charge in [-0.1, -0.05) is 11.6 Å². The quantitative estimate of drug-likeness (QED) is 0.716. The first-order valence-electron chi connectivity index (χ1n) is 5.93. The van der Waals surface area contributed by atoms with Gasteiger partial charge in [0.15, 0.2) is 0 Å². The molecule has 0 aliphatic heterocycles. The number of fused-ring (bicyclic) bond motifs is 1. The van der Waals surface area contributed by atoms with Gasteiger partial charge in [0.25, 0.3) is 0 Å². The van der Waals surface area contributed by atoms with Gasteiger partial charge in [0.05, 0.1) is 0 Å². The van der Waals surface area contributed by atoms with Crippen LogP contribution in [0.2, 0.25) is 5.15 Å². The summed E-state index contributed by atoms with van der Waals surface area (Å²) in [5, 5.41) is 0.528. The number of hydrogen-bond acceptors (Lipinski definition) is 2. The summed E-state index contributed by atoms with van der Waals surface area (Å²) in [4.78, 5) is 8.56. The zero-order chi connectivity index (χ0) is 11.7. The third-order valence-corrected chi connectivity index (χ3v) is 3.44. The normalized spacial score (nSPS) is 14.4. The average Bonchev–Trinajstić information content (AvgIpc) is 2.38. The van der Waals surface area contributed by atoms with Crippen LogP contribution >= 0.6 is 11.6 Å². The summed E-state index contributed by atoms with van der Waals surface area (Å²) in [5.74, 6) is 0. The van der Waals surface area contributed by atoms with Gasteiger partial charge in [0.2, 0.25) is 0 Å². The summed E-state index contributed by atoms with van der Waals surface area (Å²) in [6.45, 7) is 0. The van der Waals surface area contributed by atoms with Crippen molar-refractivity contribution in [1.29, 1.82) is 0 Å². The van der Waals surface area contributed by atoms with Crippen molar-refractivity contribution >= 4 is 11.6 Å². The van der Waals surface area contributed by atoms with E-state index in [4.69, 9.17) is 11.6 Å². The van der Waals surface area contributed by atoms with Crippen LogP contribution in [-0.4, -0.2) is 9.97 Å². The molecule has 0 saturated heterocycles. The molecule has 0 radical (unpaired) electrons. The zero-order valence-corrected chi connectivity index (χ0v) is 10.2. The molecule has 0 aromatic carbocycles. The standard InChI is InChI=1S/C14H13ClN2/c15-14-8-10(5-6-16-14)12-7-11-3-1-2-4-13(11)17-9-12/h5-9H,1-4H2. The second-order valence-corrected chi connectivity index (χ2v) is 4.79. The van der Waals surface area contributed by atoms with Crippen molar-refractivity contribution in [3.8, 4) is 11.1 Å². The van der Waals surface area contributed by atoms with Crippen LogP contribution in [0.4, 0.5) is 0 Å². The number of aromatic nitrogens is 2. The first kappa shape index (κ1) is 10.7. The van der Waals surface area contributed by atoms with Gasteiger partial charge in [0, 0.05) is 23.7 Å². The average molecular weight is 245 g/mol. The number of nitrogens with zero attached hydrogens (tertiary/aromatic N) is 2. The first-order valence-corrected chi connectivity index (χ1v) is 6.30. The minimum Gasteiger partial charge on any atom is -0.260 e. The molecule has 0 spiro atoms. The molecule has 2 heterocycles. The Hall–Kier alpha value is -1.41. The lowest BCUT2D eigenvalue weighted by Gasteiger charge is -2.15. The SMILES string of the molecule is Clc1cc(-c2cnc3c(c2)CCCC3)ccn1. The lowest BCUT2D eigenvalue weighted by atomic mass is 9.94. The van der Waals surface area contributed by atoms with Gasteiger partial charge in [-0.2, -0.15) is 0 Å². The number of rotatable bonds is 1. The van der Waals surface area contributed by atoms with Crippen molar-refractivity contribution in [2.75, 3.05) is 0 Å². The van der Waals surface area contributed by atoms with Crippen molar-refractivity contribution in [2.45, 2.75) is 25.7 Å². The molecule has 0 atom stereocenters. The van der Waals surface area contributed by atoms with E-state index in [2.05, 4.69) is 16.0 Å². The molecular formula is C14H13ClN2. The lowest BCUT2D eigenvalue weighted by molar-refractivity contribution is 0.668. The Bertz CT molecular complexity index is 552. The summed E-state index contributed by atoms with van der Waals surface area (Å²) in [6, 6.07) is 6.10. The molecule has 86 valence electrons. The third kappa shape index (κ3) is 2.18. The summed E-state index contributed by atoms with van der Waals surface area (Å²) in [6.07, 6.45) is 8.48. The predicted octanol–water partition coefficient (Wildman–Crippen LogP) is 3.68. The van der Waals surface area contributed by atoms with E-state index in [0.29, 0.717) is 5.15 Å². The van der Waals surface area contributed by atoms with E-state index in [9.17, 15) is 0 Å². The molecule has 0 N–H and O–H groups in total. The Morgan fingerprint density at radius 2 is 1.88 bits per heavy atom. The maximum atomic E-state index is 5.91. The van der Waals surface area contributed by atoms with Gasteiger partial charge in [-0.05, 0) is 55.0 Å². The minimum atomic E-state index is 0.528. The Morgan fingerprint density at radius 3 is 2.76 bits per heavy atom. The Kier molecular flexibility index (Phi) is 2.81. The van der Waals surface area contributed by atoms with Gasteiger partial charge in [0.1, 0.15) is 5.15 Å². The number of aryl methyl sites for hydroxylation is 2. The van der Waals surface area contributed by atoms with Gasteiger partial charge >= 0.3 is 0 Å². The van der Waals surface area contributed by atoms with Crippen LogP contribution < -0.4 is 0 Å². The summed E-state index contributed by atoms with van der Waals surface area (Å²) < 4.78 is 0. The lowest BCUT2D eigenvalue weighted by Crippen LogP contribution is -2.05. The first-order chi connectivity index (χ1) is 8.33. The van der Waals surface area contributed by atoms with Crippen molar-refractivity contribution < 1.29 is 0 Å². The van der Waals surface area contributed by atoms with Gasteiger partial charge < -0.3 is 0 Å². The van der Waals surface area contributed by atoms with Crippen LogP contribution in [0, 0.1) is 0 Å². The van der Waals surface area contributed by atoms with Crippen LogP contribution in [-0.2, 0) is 12.8 Å². The highest BCUT2D eigenvalue weighted by Crippen LogP contribution is 2.26. The van der Waals surface area contributed by atoms with Crippen LogP contribution in [0.1, 0.15) is 24.1 Å². The minimum absolute atomic E-state index is 0.528. The molecule has 0 fully saturated rings. The molecule has 3 heteroatoms. The smallest absolute Gasteiger partial charge is 0.129 e. The van der Waals surface area contributed by atoms with E-state index in [1.54, 1.807) is 6.20 Å². The Labute approximate surface area is 106 Å². The zero-order valence-electron chi connectivity index (χ0n) is 9.49. The number of halogens is 1. The van der Waals surface area contributed by atoms with Gasteiger partial charge in [-0.15, -0.1) is 0 Å². The number of pyridine rings is 2. The topological polar surface area (TPSA) is 25.8 Å². The van der Waals surface area contributed by atoms with Crippen LogP contribution in [0.25, 0.3) is 11.1 Å². The molecule has 2 aromatic heterocycles. The summed E-state index contributed by atoms with van der Waals surface area (Å²) >= 11 is 5.91. The van der Waals surface area contributed by atoms with E-state index in [0.717, 1.165) is 24.0 Å². The predicted molar refractivity (Wildman–Crippen MR) is 69.1 cm³/mol.